The Morgan fingerprint density at radius 2 is 1.30 bits per heavy atom. The second kappa shape index (κ2) is 7.27. The minimum atomic E-state index is -0.823. The highest BCUT2D eigenvalue weighted by molar-refractivity contribution is 6.25. The fraction of sp³-hybridized carbons (Fsp3) is 0.0690. The van der Waals surface area contributed by atoms with Gasteiger partial charge in [-0.25, -0.2) is 0 Å². The summed E-state index contributed by atoms with van der Waals surface area (Å²) in [4.78, 5) is 13.6. The first kappa shape index (κ1) is 18.3. The van der Waals surface area contributed by atoms with Gasteiger partial charge in [0.1, 0.15) is 5.41 Å². The fourth-order valence-corrected chi connectivity index (χ4v) is 4.54. The van der Waals surface area contributed by atoms with Gasteiger partial charge in [-0.3, -0.25) is 4.79 Å². The summed E-state index contributed by atoms with van der Waals surface area (Å²) < 4.78 is 0. The first-order chi connectivity index (χ1) is 14.7. The Labute approximate surface area is 177 Å². The van der Waals surface area contributed by atoms with Crippen molar-refractivity contribution in [1.29, 1.82) is 0 Å². The standard InChI is InChI=1S/C29H22O/c1-21-15-17-23(18-16-21)26-20-25(22-10-4-2-5-11-22)28(24-12-6-3-7-13-24)29(26)19-9-8-14-27(29)30/h2-20H,1H3. The molecule has 0 N–H and O–H groups in total. The second-order valence-corrected chi connectivity index (χ2v) is 7.84. The summed E-state index contributed by atoms with van der Waals surface area (Å²) in [6.45, 7) is 2.08. The van der Waals surface area contributed by atoms with Crippen LogP contribution in [-0.2, 0) is 4.79 Å². The number of aryl methyl sites for hydroxylation is 1. The van der Waals surface area contributed by atoms with Gasteiger partial charge in [-0.15, -0.1) is 0 Å². The highest BCUT2D eigenvalue weighted by Gasteiger charge is 2.48. The molecule has 3 aromatic rings. The molecule has 5 rings (SSSR count). The third kappa shape index (κ3) is 2.83. The molecule has 1 nitrogen and oxygen atoms in total. The third-order valence-corrected chi connectivity index (χ3v) is 5.98. The molecular formula is C29H22O. The van der Waals surface area contributed by atoms with Gasteiger partial charge in [0.25, 0.3) is 0 Å². The van der Waals surface area contributed by atoms with Crippen LogP contribution < -0.4 is 0 Å². The van der Waals surface area contributed by atoms with Crippen LogP contribution in [0.15, 0.2) is 115 Å². The lowest BCUT2D eigenvalue weighted by Crippen LogP contribution is -2.30. The smallest absolute Gasteiger partial charge is 0.174 e. The van der Waals surface area contributed by atoms with Gasteiger partial charge in [0.05, 0.1) is 0 Å². The monoisotopic (exact) mass is 386 g/mol. The molecule has 144 valence electrons. The maximum atomic E-state index is 13.6. The summed E-state index contributed by atoms with van der Waals surface area (Å²) in [5.74, 6) is 0.0987. The van der Waals surface area contributed by atoms with Crippen molar-refractivity contribution < 1.29 is 4.79 Å². The van der Waals surface area contributed by atoms with Crippen LogP contribution in [0.1, 0.15) is 22.3 Å². The second-order valence-electron chi connectivity index (χ2n) is 7.84. The Morgan fingerprint density at radius 3 is 1.93 bits per heavy atom. The number of carbonyl (C=O) groups excluding carboxylic acids is 1. The molecule has 2 aliphatic rings. The summed E-state index contributed by atoms with van der Waals surface area (Å²) in [6.07, 6.45) is 9.83. The predicted octanol–water partition coefficient (Wildman–Crippen LogP) is 6.68. The molecule has 0 aliphatic heterocycles. The summed E-state index contributed by atoms with van der Waals surface area (Å²) in [5.41, 5.74) is 6.84. The van der Waals surface area contributed by atoms with Crippen molar-refractivity contribution in [1.82, 2.24) is 0 Å². The zero-order valence-corrected chi connectivity index (χ0v) is 16.9. The summed E-state index contributed by atoms with van der Waals surface area (Å²) in [5, 5.41) is 0. The van der Waals surface area contributed by atoms with Crippen molar-refractivity contribution in [3.05, 3.63) is 138 Å². The van der Waals surface area contributed by atoms with Gasteiger partial charge < -0.3 is 0 Å². The number of benzene rings is 3. The number of allylic oxidation sites excluding steroid dienone is 8. The lowest BCUT2D eigenvalue weighted by Gasteiger charge is -2.33. The van der Waals surface area contributed by atoms with E-state index in [2.05, 4.69) is 67.6 Å². The quantitative estimate of drug-likeness (QED) is 0.490. The Kier molecular flexibility index (Phi) is 4.44. The molecule has 0 saturated carbocycles. The van der Waals surface area contributed by atoms with Crippen LogP contribution in [0.2, 0.25) is 0 Å². The van der Waals surface area contributed by atoms with Gasteiger partial charge in [-0.2, -0.15) is 0 Å². The van der Waals surface area contributed by atoms with Gasteiger partial charge >= 0.3 is 0 Å². The first-order valence-corrected chi connectivity index (χ1v) is 10.3. The maximum absolute atomic E-state index is 13.6. The van der Waals surface area contributed by atoms with E-state index in [0.717, 1.165) is 33.4 Å². The van der Waals surface area contributed by atoms with Crippen molar-refractivity contribution in [2.45, 2.75) is 6.92 Å². The van der Waals surface area contributed by atoms with Crippen LogP contribution in [0, 0.1) is 12.3 Å². The van der Waals surface area contributed by atoms with E-state index in [4.69, 9.17) is 0 Å². The van der Waals surface area contributed by atoms with Crippen LogP contribution in [0.3, 0.4) is 0 Å². The van der Waals surface area contributed by atoms with Gasteiger partial charge in [-0.05, 0) is 52.5 Å². The first-order valence-electron chi connectivity index (χ1n) is 10.3. The van der Waals surface area contributed by atoms with Crippen molar-refractivity contribution in [3.63, 3.8) is 0 Å². The predicted molar refractivity (Wildman–Crippen MR) is 125 cm³/mol. The number of ketones is 1. The molecule has 0 fully saturated rings. The van der Waals surface area contributed by atoms with Gasteiger partial charge in [0, 0.05) is 0 Å². The minimum absolute atomic E-state index is 0.0987. The Bertz CT molecular complexity index is 1220. The van der Waals surface area contributed by atoms with Gasteiger partial charge in [0.15, 0.2) is 5.78 Å². The Balaban J connectivity index is 1.84. The van der Waals surface area contributed by atoms with E-state index >= 15 is 0 Å². The SMILES string of the molecule is Cc1ccc(C2=CC(c3ccccc3)=C(c3ccccc3)C23C=CC=CC3=O)cc1. The van der Waals surface area contributed by atoms with Gasteiger partial charge in [-0.1, -0.05) is 109 Å². The van der Waals surface area contributed by atoms with Crippen molar-refractivity contribution >= 4 is 22.5 Å². The molecule has 0 bridgehead atoms. The van der Waals surface area contributed by atoms with E-state index in [1.165, 1.54) is 5.56 Å². The minimum Gasteiger partial charge on any atom is -0.293 e. The summed E-state index contributed by atoms with van der Waals surface area (Å²) in [7, 11) is 0. The van der Waals surface area contributed by atoms with E-state index in [-0.39, 0.29) is 5.78 Å². The number of carbonyl (C=O) groups is 1. The average molecular weight is 386 g/mol. The Hall–Kier alpha value is -3.71. The van der Waals surface area contributed by atoms with Crippen LogP contribution >= 0.6 is 0 Å². The molecular weight excluding hydrogens is 364 g/mol. The molecule has 30 heavy (non-hydrogen) atoms. The van der Waals surface area contributed by atoms with Crippen molar-refractivity contribution in [2.75, 3.05) is 0 Å². The van der Waals surface area contributed by atoms with Crippen molar-refractivity contribution in [3.8, 4) is 0 Å². The molecule has 0 amide bonds. The molecule has 1 heteroatoms. The largest absolute Gasteiger partial charge is 0.293 e. The normalized spacial score (nSPS) is 20.2. The number of rotatable bonds is 3. The fourth-order valence-electron chi connectivity index (χ4n) is 4.54. The summed E-state index contributed by atoms with van der Waals surface area (Å²) in [6, 6.07) is 29.1. The van der Waals surface area contributed by atoms with E-state index in [1.54, 1.807) is 6.08 Å². The van der Waals surface area contributed by atoms with Crippen LogP contribution in [0.5, 0.6) is 0 Å². The topological polar surface area (TPSA) is 17.1 Å². The molecule has 1 unspecified atom stereocenters. The molecule has 1 atom stereocenters. The zero-order chi connectivity index (χ0) is 20.6. The van der Waals surface area contributed by atoms with Gasteiger partial charge in [0.2, 0.25) is 0 Å². The molecule has 1 spiro atoms. The lowest BCUT2D eigenvalue weighted by atomic mass is 9.67. The number of hydrogen-bond donors (Lipinski definition) is 0. The van der Waals surface area contributed by atoms with Crippen LogP contribution in [0.4, 0.5) is 0 Å². The maximum Gasteiger partial charge on any atom is 0.174 e. The highest BCUT2D eigenvalue weighted by Crippen LogP contribution is 2.57. The van der Waals surface area contributed by atoms with E-state index in [1.807, 2.05) is 48.6 Å². The molecule has 0 radical (unpaired) electrons. The number of hydrogen-bond acceptors (Lipinski definition) is 1. The molecule has 2 aliphatic carbocycles. The van der Waals surface area contributed by atoms with Crippen molar-refractivity contribution in [2.24, 2.45) is 5.41 Å². The molecule has 3 aromatic carbocycles. The Morgan fingerprint density at radius 1 is 0.667 bits per heavy atom. The van der Waals surface area contributed by atoms with E-state index < -0.39 is 5.41 Å². The van der Waals surface area contributed by atoms with Crippen LogP contribution in [0.25, 0.3) is 16.7 Å². The lowest BCUT2D eigenvalue weighted by molar-refractivity contribution is -0.117. The molecule has 0 heterocycles. The van der Waals surface area contributed by atoms with Crippen LogP contribution in [-0.4, -0.2) is 5.78 Å². The zero-order valence-electron chi connectivity index (χ0n) is 16.9. The molecule has 0 aromatic heterocycles. The van der Waals surface area contributed by atoms with E-state index in [0.29, 0.717) is 0 Å². The van der Waals surface area contributed by atoms with E-state index in [9.17, 15) is 4.79 Å². The summed E-state index contributed by atoms with van der Waals surface area (Å²) >= 11 is 0. The molecule has 0 saturated heterocycles. The highest BCUT2D eigenvalue weighted by atomic mass is 16.1. The third-order valence-electron chi connectivity index (χ3n) is 5.98. The average Bonchev–Trinajstić information content (AvgIpc) is 3.13.